The van der Waals surface area contributed by atoms with Gasteiger partial charge in [0, 0.05) is 89.4 Å². The van der Waals surface area contributed by atoms with Crippen LogP contribution in [0.25, 0.3) is 22.6 Å². The number of aromatic amines is 1. The molecule has 4 heterocycles. The topological polar surface area (TPSA) is 114 Å². The number of benzene rings is 1. The van der Waals surface area contributed by atoms with E-state index in [2.05, 4.69) is 80.5 Å². The summed E-state index contributed by atoms with van der Waals surface area (Å²) in [6.45, 7) is 9.56. The Morgan fingerprint density at radius 2 is 1.83 bits per heavy atom. The van der Waals surface area contributed by atoms with Crippen molar-refractivity contribution in [3.8, 4) is 11.4 Å². The van der Waals surface area contributed by atoms with Crippen molar-refractivity contribution in [3.63, 3.8) is 0 Å². The van der Waals surface area contributed by atoms with E-state index in [0.717, 1.165) is 96.6 Å². The van der Waals surface area contributed by atoms with Gasteiger partial charge >= 0.3 is 0 Å². The lowest BCUT2D eigenvalue weighted by Gasteiger charge is -2.36. The van der Waals surface area contributed by atoms with Crippen LogP contribution in [0.3, 0.4) is 0 Å². The molecule has 3 fully saturated rings. The molecule has 5 N–H and O–H groups in total. The number of imidazole rings is 1. The molecule has 0 unspecified atom stereocenters. The number of amidine groups is 1. The zero-order valence-corrected chi connectivity index (χ0v) is 26.1. The smallest absolute Gasteiger partial charge is 0.180 e. The second-order valence-electron chi connectivity index (χ2n) is 11.7. The van der Waals surface area contributed by atoms with Gasteiger partial charge in [-0.05, 0) is 84.1 Å². The number of rotatable bonds is 10. The van der Waals surface area contributed by atoms with Crippen LogP contribution in [-0.4, -0.2) is 103 Å². The first-order valence-corrected chi connectivity index (χ1v) is 16.1. The lowest BCUT2D eigenvalue weighted by Crippen LogP contribution is -2.48. The largest absolute Gasteiger partial charge is 0.404 e. The molecule has 0 radical (unpaired) electrons. The number of nitrogens with zero attached hydrogens (tertiary/aromatic N) is 6. The van der Waals surface area contributed by atoms with Crippen LogP contribution in [0, 0.1) is 5.92 Å². The molecule has 6 rings (SSSR count). The number of piperidine rings is 1. The third-order valence-corrected chi connectivity index (χ3v) is 9.33. The van der Waals surface area contributed by atoms with E-state index < -0.39 is 0 Å². The Hall–Kier alpha value is -3.15. The van der Waals surface area contributed by atoms with Crippen LogP contribution in [0.2, 0.25) is 0 Å². The number of halogens is 1. The average molecular weight is 636 g/mol. The van der Waals surface area contributed by atoms with Crippen LogP contribution in [0.5, 0.6) is 0 Å². The number of hydrogen-bond donors (Lipinski definition) is 4. The lowest BCUT2D eigenvalue weighted by atomic mass is 10.0. The molecule has 42 heavy (non-hydrogen) atoms. The minimum Gasteiger partial charge on any atom is -0.404 e. The minimum absolute atomic E-state index is 0.459. The monoisotopic (exact) mass is 634 g/mol. The van der Waals surface area contributed by atoms with Crippen molar-refractivity contribution < 1.29 is 0 Å². The summed E-state index contributed by atoms with van der Waals surface area (Å²) in [7, 11) is 1.77. The number of anilines is 2. The minimum atomic E-state index is 0.459. The summed E-state index contributed by atoms with van der Waals surface area (Å²) in [5.41, 5.74) is 10.6. The molecule has 10 nitrogen and oxygen atoms in total. The van der Waals surface area contributed by atoms with Gasteiger partial charge in [0.1, 0.15) is 17.2 Å². The Bertz CT molecular complexity index is 1380. The van der Waals surface area contributed by atoms with Crippen LogP contribution in [0.4, 0.5) is 11.4 Å². The molecule has 3 aliphatic rings. The molecule has 0 spiro atoms. The second-order valence-corrected chi connectivity index (χ2v) is 12.6. The first-order valence-electron chi connectivity index (χ1n) is 15.3. The maximum absolute atomic E-state index is 5.48. The van der Waals surface area contributed by atoms with Gasteiger partial charge in [0.2, 0.25) is 0 Å². The summed E-state index contributed by atoms with van der Waals surface area (Å²) in [6, 6.07) is 9.21. The van der Waals surface area contributed by atoms with Crippen LogP contribution < -0.4 is 21.3 Å². The summed E-state index contributed by atoms with van der Waals surface area (Å²) < 4.78 is 0.974. The zero-order chi connectivity index (χ0) is 28.9. The Kier molecular flexibility index (Phi) is 9.26. The van der Waals surface area contributed by atoms with Crippen LogP contribution in [0.15, 0.2) is 52.2 Å². The second kappa shape index (κ2) is 13.4. The molecule has 0 amide bonds. The quantitative estimate of drug-likeness (QED) is 0.196. The van der Waals surface area contributed by atoms with E-state index in [0.29, 0.717) is 6.04 Å². The maximum atomic E-state index is 5.48. The fourth-order valence-electron chi connectivity index (χ4n) is 6.05. The van der Waals surface area contributed by atoms with Gasteiger partial charge in [-0.25, -0.2) is 9.97 Å². The molecular formula is C31H43BrN10. The van der Waals surface area contributed by atoms with Crippen molar-refractivity contribution >= 4 is 44.3 Å². The highest BCUT2D eigenvalue weighted by molar-refractivity contribution is 9.10. The summed E-state index contributed by atoms with van der Waals surface area (Å²) in [5, 5.41) is 7.15. The SMILES string of the molecule is CN=C(C=CN)NCCN1CCN(c2ccc(-c3nc4ncc(Br)c(NC5CCN(CC6CC6)CC5)c4[nH]3)cc2)CC1. The first-order chi connectivity index (χ1) is 20.6. The Morgan fingerprint density at radius 1 is 1.07 bits per heavy atom. The zero-order valence-electron chi connectivity index (χ0n) is 24.5. The molecule has 0 bridgehead atoms. The molecule has 224 valence electrons. The maximum Gasteiger partial charge on any atom is 0.180 e. The van der Waals surface area contributed by atoms with E-state index in [1.54, 1.807) is 13.1 Å². The Balaban J connectivity index is 1.04. The van der Waals surface area contributed by atoms with Gasteiger partial charge in [-0.15, -0.1) is 0 Å². The summed E-state index contributed by atoms with van der Waals surface area (Å²) in [5.74, 6) is 2.62. The number of fused-ring (bicyclic) bond motifs is 1. The van der Waals surface area contributed by atoms with Crippen molar-refractivity contribution in [1.82, 2.24) is 30.1 Å². The molecule has 1 saturated carbocycles. The normalized spacial score (nSPS) is 19.7. The summed E-state index contributed by atoms with van der Waals surface area (Å²) in [4.78, 5) is 24.8. The summed E-state index contributed by atoms with van der Waals surface area (Å²) >= 11 is 3.74. The van der Waals surface area contributed by atoms with Gasteiger partial charge in [0.15, 0.2) is 5.65 Å². The molecule has 1 aromatic carbocycles. The average Bonchev–Trinajstić information content (AvgIpc) is 3.73. The number of H-pyrrole nitrogens is 1. The van der Waals surface area contributed by atoms with E-state index in [9.17, 15) is 0 Å². The summed E-state index contributed by atoms with van der Waals surface area (Å²) in [6.07, 6.45) is 10.3. The number of nitrogens with two attached hydrogens (primary N) is 1. The molecule has 2 saturated heterocycles. The van der Waals surface area contributed by atoms with Gasteiger partial charge in [-0.2, -0.15) is 0 Å². The number of piperazine rings is 1. The molecular weight excluding hydrogens is 592 g/mol. The predicted octanol–water partition coefficient (Wildman–Crippen LogP) is 3.89. The third-order valence-electron chi connectivity index (χ3n) is 8.73. The van der Waals surface area contributed by atoms with Crippen LogP contribution in [-0.2, 0) is 0 Å². The van der Waals surface area contributed by atoms with E-state index in [4.69, 9.17) is 10.7 Å². The highest BCUT2D eigenvalue weighted by Gasteiger charge is 2.27. The molecule has 2 aliphatic heterocycles. The highest BCUT2D eigenvalue weighted by Crippen LogP contribution is 2.34. The van der Waals surface area contributed by atoms with Crippen LogP contribution >= 0.6 is 15.9 Å². The van der Waals surface area contributed by atoms with Crippen molar-refractivity contribution in [3.05, 3.63) is 47.2 Å². The number of nitrogens with one attached hydrogen (secondary N) is 3. The lowest BCUT2D eigenvalue weighted by molar-refractivity contribution is 0.211. The number of likely N-dealkylation sites (tertiary alicyclic amines) is 1. The first kappa shape index (κ1) is 28.9. The standard InChI is InChI=1S/C31H43BrN10/c1-34-27(8-11-33)35-12-15-40-16-18-42(19-17-40)25-6-4-23(5-7-25)30-38-29-28(26(32)20-36-31(29)39-30)37-24-9-13-41(14-10-24)21-22-2-3-22/h4-8,11,20,22,24H,2-3,9-10,12-19,21,33H2,1H3,(H,34,35)(H2,36,37,38,39). The fraction of sp³-hybridized carbons (Fsp3) is 0.516. The van der Waals surface area contributed by atoms with Crippen LogP contribution in [0.1, 0.15) is 25.7 Å². The van der Waals surface area contributed by atoms with Crippen molar-refractivity contribution in [1.29, 1.82) is 0 Å². The highest BCUT2D eigenvalue weighted by atomic mass is 79.9. The number of aliphatic imine (C=N–C) groups is 1. The fourth-order valence-corrected chi connectivity index (χ4v) is 6.46. The van der Waals surface area contributed by atoms with E-state index in [1.165, 1.54) is 44.4 Å². The van der Waals surface area contributed by atoms with Crippen molar-refractivity contribution in [2.24, 2.45) is 16.6 Å². The number of aromatic nitrogens is 3. The Morgan fingerprint density at radius 3 is 2.52 bits per heavy atom. The van der Waals surface area contributed by atoms with Gasteiger partial charge in [0.25, 0.3) is 0 Å². The molecule has 11 heteroatoms. The van der Waals surface area contributed by atoms with Gasteiger partial charge in [0.05, 0.1) is 10.2 Å². The van der Waals surface area contributed by atoms with Gasteiger partial charge in [-0.3, -0.25) is 9.89 Å². The third kappa shape index (κ3) is 7.07. The number of pyridine rings is 1. The molecule has 0 atom stereocenters. The van der Waals surface area contributed by atoms with E-state index >= 15 is 0 Å². The van der Waals surface area contributed by atoms with E-state index in [-0.39, 0.29) is 0 Å². The molecule has 3 aromatic rings. The van der Waals surface area contributed by atoms with Gasteiger partial charge in [-0.1, -0.05) is 0 Å². The van der Waals surface area contributed by atoms with Crippen molar-refractivity contribution in [2.45, 2.75) is 31.7 Å². The predicted molar refractivity (Wildman–Crippen MR) is 176 cm³/mol. The molecule has 1 aliphatic carbocycles. The molecule has 2 aromatic heterocycles. The van der Waals surface area contributed by atoms with Crippen molar-refractivity contribution in [2.75, 3.05) is 76.2 Å². The van der Waals surface area contributed by atoms with E-state index in [1.807, 2.05) is 6.20 Å². The number of hydrogen-bond acceptors (Lipinski definition) is 8. The van der Waals surface area contributed by atoms with Gasteiger partial charge < -0.3 is 31.2 Å². The Labute approximate surface area is 257 Å².